The average Bonchev–Trinajstić information content (AvgIpc) is 2.47. The third-order valence-electron chi connectivity index (χ3n) is 3.29. The Bertz CT molecular complexity index is 519. The minimum atomic E-state index is 0.668. The van der Waals surface area contributed by atoms with E-state index in [2.05, 4.69) is 61.6 Å². The van der Waals surface area contributed by atoms with E-state index >= 15 is 0 Å². The number of anilines is 1. The SMILES string of the molecule is CCCc1ccc(OCCNc2ccccc2C)cc1. The Morgan fingerprint density at radius 1 is 1.00 bits per heavy atom. The number of ether oxygens (including phenoxy) is 1. The maximum absolute atomic E-state index is 5.74. The predicted molar refractivity (Wildman–Crippen MR) is 85.6 cm³/mol. The number of nitrogens with one attached hydrogen (secondary N) is 1. The Balaban J connectivity index is 1.74. The van der Waals surface area contributed by atoms with Crippen LogP contribution in [0.5, 0.6) is 5.75 Å². The fourth-order valence-electron chi connectivity index (χ4n) is 2.17. The van der Waals surface area contributed by atoms with Crippen LogP contribution in [0.25, 0.3) is 0 Å². The van der Waals surface area contributed by atoms with Crippen molar-refractivity contribution < 1.29 is 4.74 Å². The van der Waals surface area contributed by atoms with Crippen LogP contribution in [0.3, 0.4) is 0 Å². The van der Waals surface area contributed by atoms with E-state index in [0.29, 0.717) is 6.61 Å². The molecule has 106 valence electrons. The van der Waals surface area contributed by atoms with Crippen LogP contribution in [0.15, 0.2) is 48.5 Å². The fraction of sp³-hybridized carbons (Fsp3) is 0.333. The Kier molecular flexibility index (Phi) is 5.48. The summed E-state index contributed by atoms with van der Waals surface area (Å²) in [5.41, 5.74) is 3.81. The molecule has 0 saturated carbocycles. The molecule has 0 atom stereocenters. The van der Waals surface area contributed by atoms with Crippen molar-refractivity contribution in [2.45, 2.75) is 26.7 Å². The van der Waals surface area contributed by atoms with Crippen LogP contribution >= 0.6 is 0 Å². The molecule has 0 unspecified atom stereocenters. The number of hydrogen-bond acceptors (Lipinski definition) is 2. The molecule has 0 aromatic heterocycles. The molecule has 2 aromatic carbocycles. The molecule has 0 spiro atoms. The quantitative estimate of drug-likeness (QED) is 0.750. The highest BCUT2D eigenvalue weighted by molar-refractivity contribution is 5.50. The molecule has 0 saturated heterocycles. The Morgan fingerprint density at radius 3 is 2.45 bits per heavy atom. The lowest BCUT2D eigenvalue weighted by Gasteiger charge is -2.10. The first-order chi connectivity index (χ1) is 9.79. The van der Waals surface area contributed by atoms with Gasteiger partial charge >= 0.3 is 0 Å². The zero-order chi connectivity index (χ0) is 14.2. The normalized spacial score (nSPS) is 10.3. The van der Waals surface area contributed by atoms with Crippen molar-refractivity contribution in [2.24, 2.45) is 0 Å². The topological polar surface area (TPSA) is 21.3 Å². The van der Waals surface area contributed by atoms with Gasteiger partial charge in [-0.25, -0.2) is 0 Å². The largest absolute Gasteiger partial charge is 0.492 e. The maximum atomic E-state index is 5.74. The van der Waals surface area contributed by atoms with Gasteiger partial charge in [-0.05, 0) is 42.7 Å². The van der Waals surface area contributed by atoms with Crippen LogP contribution < -0.4 is 10.1 Å². The van der Waals surface area contributed by atoms with Gasteiger partial charge in [0, 0.05) is 12.2 Å². The van der Waals surface area contributed by atoms with E-state index in [1.807, 2.05) is 6.07 Å². The lowest BCUT2D eigenvalue weighted by atomic mass is 10.1. The lowest BCUT2D eigenvalue weighted by Crippen LogP contribution is -2.12. The Hall–Kier alpha value is -1.96. The second kappa shape index (κ2) is 7.59. The van der Waals surface area contributed by atoms with E-state index in [0.717, 1.165) is 18.7 Å². The zero-order valence-electron chi connectivity index (χ0n) is 12.4. The van der Waals surface area contributed by atoms with Crippen molar-refractivity contribution in [1.29, 1.82) is 0 Å². The van der Waals surface area contributed by atoms with E-state index in [9.17, 15) is 0 Å². The summed E-state index contributed by atoms with van der Waals surface area (Å²) in [5.74, 6) is 0.941. The molecule has 0 aliphatic heterocycles. The predicted octanol–water partition coefficient (Wildman–Crippen LogP) is 4.44. The minimum absolute atomic E-state index is 0.668. The highest BCUT2D eigenvalue weighted by atomic mass is 16.5. The van der Waals surface area contributed by atoms with Gasteiger partial charge in [0.25, 0.3) is 0 Å². The van der Waals surface area contributed by atoms with Crippen molar-refractivity contribution >= 4 is 5.69 Å². The summed E-state index contributed by atoms with van der Waals surface area (Å²) < 4.78 is 5.74. The Morgan fingerprint density at radius 2 is 1.75 bits per heavy atom. The monoisotopic (exact) mass is 269 g/mol. The van der Waals surface area contributed by atoms with E-state index in [1.54, 1.807) is 0 Å². The van der Waals surface area contributed by atoms with Gasteiger partial charge in [0.2, 0.25) is 0 Å². The molecule has 2 nitrogen and oxygen atoms in total. The standard InChI is InChI=1S/C18H23NO/c1-3-6-16-9-11-17(12-10-16)20-14-13-19-18-8-5-4-7-15(18)2/h4-5,7-12,19H,3,6,13-14H2,1-2H3. The molecular formula is C18H23NO. The molecule has 0 heterocycles. The third kappa shape index (κ3) is 4.30. The number of benzene rings is 2. The van der Waals surface area contributed by atoms with Gasteiger partial charge in [0.1, 0.15) is 12.4 Å². The number of rotatable bonds is 7. The first-order valence-corrected chi connectivity index (χ1v) is 7.31. The molecule has 0 amide bonds. The van der Waals surface area contributed by atoms with Gasteiger partial charge in [-0.3, -0.25) is 0 Å². The van der Waals surface area contributed by atoms with E-state index in [1.165, 1.54) is 23.2 Å². The molecule has 2 rings (SSSR count). The summed E-state index contributed by atoms with van der Waals surface area (Å²) >= 11 is 0. The van der Waals surface area contributed by atoms with Crippen LogP contribution in [-0.2, 0) is 6.42 Å². The van der Waals surface area contributed by atoms with Gasteiger partial charge in [0.05, 0.1) is 0 Å². The summed E-state index contributed by atoms with van der Waals surface area (Å²) in [5, 5.41) is 3.39. The number of hydrogen-bond donors (Lipinski definition) is 1. The van der Waals surface area contributed by atoms with Crippen LogP contribution in [0.2, 0.25) is 0 Å². The summed E-state index contributed by atoms with van der Waals surface area (Å²) in [4.78, 5) is 0. The van der Waals surface area contributed by atoms with E-state index in [4.69, 9.17) is 4.74 Å². The van der Waals surface area contributed by atoms with Crippen LogP contribution in [0.1, 0.15) is 24.5 Å². The van der Waals surface area contributed by atoms with Crippen molar-refractivity contribution in [3.8, 4) is 5.75 Å². The zero-order valence-corrected chi connectivity index (χ0v) is 12.4. The molecule has 1 N–H and O–H groups in total. The molecule has 2 heteroatoms. The highest BCUT2D eigenvalue weighted by Crippen LogP contribution is 2.14. The first kappa shape index (κ1) is 14.4. The second-order valence-electron chi connectivity index (χ2n) is 4.98. The highest BCUT2D eigenvalue weighted by Gasteiger charge is 1.97. The van der Waals surface area contributed by atoms with Crippen LogP contribution in [-0.4, -0.2) is 13.2 Å². The fourth-order valence-corrected chi connectivity index (χ4v) is 2.17. The van der Waals surface area contributed by atoms with Crippen LogP contribution in [0.4, 0.5) is 5.69 Å². The van der Waals surface area contributed by atoms with Gasteiger partial charge < -0.3 is 10.1 Å². The molecular weight excluding hydrogens is 246 g/mol. The molecule has 0 aliphatic carbocycles. The lowest BCUT2D eigenvalue weighted by molar-refractivity contribution is 0.333. The van der Waals surface area contributed by atoms with E-state index < -0.39 is 0 Å². The number of aryl methyl sites for hydroxylation is 2. The maximum Gasteiger partial charge on any atom is 0.119 e. The molecule has 2 aromatic rings. The van der Waals surface area contributed by atoms with Gasteiger partial charge in [0.15, 0.2) is 0 Å². The number of para-hydroxylation sites is 1. The van der Waals surface area contributed by atoms with Crippen molar-refractivity contribution in [3.63, 3.8) is 0 Å². The summed E-state index contributed by atoms with van der Waals surface area (Å²) in [6, 6.07) is 16.7. The summed E-state index contributed by atoms with van der Waals surface area (Å²) in [6.07, 6.45) is 2.32. The van der Waals surface area contributed by atoms with Crippen LogP contribution in [0, 0.1) is 6.92 Å². The molecule has 20 heavy (non-hydrogen) atoms. The molecule has 0 radical (unpaired) electrons. The summed E-state index contributed by atoms with van der Waals surface area (Å²) in [6.45, 7) is 5.78. The third-order valence-corrected chi connectivity index (χ3v) is 3.29. The summed E-state index contributed by atoms with van der Waals surface area (Å²) in [7, 11) is 0. The smallest absolute Gasteiger partial charge is 0.119 e. The second-order valence-corrected chi connectivity index (χ2v) is 4.98. The van der Waals surface area contributed by atoms with Gasteiger partial charge in [-0.2, -0.15) is 0 Å². The first-order valence-electron chi connectivity index (χ1n) is 7.31. The van der Waals surface area contributed by atoms with Crippen molar-refractivity contribution in [1.82, 2.24) is 0 Å². The molecule has 0 fully saturated rings. The minimum Gasteiger partial charge on any atom is -0.492 e. The van der Waals surface area contributed by atoms with E-state index in [-0.39, 0.29) is 0 Å². The van der Waals surface area contributed by atoms with Gasteiger partial charge in [-0.15, -0.1) is 0 Å². The molecule has 0 bridgehead atoms. The van der Waals surface area contributed by atoms with Crippen molar-refractivity contribution in [3.05, 3.63) is 59.7 Å². The van der Waals surface area contributed by atoms with Crippen molar-refractivity contribution in [2.75, 3.05) is 18.5 Å². The molecule has 0 aliphatic rings. The van der Waals surface area contributed by atoms with Gasteiger partial charge in [-0.1, -0.05) is 43.7 Å². The average molecular weight is 269 g/mol. The Labute approximate surface area is 121 Å².